The zero-order valence-corrected chi connectivity index (χ0v) is 11.5. The number of carbonyl (C=O) groups is 1. The highest BCUT2D eigenvalue weighted by Crippen LogP contribution is 2.12. The second kappa shape index (κ2) is 6.22. The molecule has 2 aromatic rings. The van der Waals surface area contributed by atoms with E-state index in [1.807, 2.05) is 42.5 Å². The van der Waals surface area contributed by atoms with Gasteiger partial charge < -0.3 is 4.74 Å². The van der Waals surface area contributed by atoms with Gasteiger partial charge in [0.2, 0.25) is 0 Å². The number of benzene rings is 2. The summed E-state index contributed by atoms with van der Waals surface area (Å²) in [6.07, 6.45) is 2.42. The molecule has 0 saturated heterocycles. The molecule has 0 N–H and O–H groups in total. The number of carbonyl (C=O) groups excluding carboxylic acids is 1. The average Bonchev–Trinajstić information content (AvgIpc) is 2.40. The molecule has 0 aliphatic carbocycles. The Bertz CT molecular complexity index is 609. The highest BCUT2D eigenvalue weighted by Gasteiger charge is 2.09. The number of esters is 1. The molecule has 0 amide bonds. The third-order valence-electron chi connectivity index (χ3n) is 2.21. The zero-order valence-electron chi connectivity index (χ0n) is 9.39. The zero-order chi connectivity index (χ0) is 12.8. The first-order valence-electron chi connectivity index (χ1n) is 5.29. The normalized spacial score (nSPS) is 9.17. The third-order valence-corrected chi connectivity index (χ3v) is 3.15. The predicted molar refractivity (Wildman–Crippen MR) is 77.9 cm³/mol. The molecular weight excluding hydrogens is 339 g/mol. The SMILES string of the molecule is O=C(OC#Cc1ccccc1)c1ccccc1I. The first-order valence-corrected chi connectivity index (χ1v) is 6.37. The summed E-state index contributed by atoms with van der Waals surface area (Å²) in [6.45, 7) is 0. The smallest absolute Gasteiger partial charge is 0.353 e. The minimum atomic E-state index is -0.427. The van der Waals surface area contributed by atoms with Crippen molar-refractivity contribution in [2.45, 2.75) is 0 Å². The van der Waals surface area contributed by atoms with Crippen LogP contribution in [0.5, 0.6) is 0 Å². The molecular formula is C15H9IO2. The van der Waals surface area contributed by atoms with Crippen LogP contribution in [0, 0.1) is 15.6 Å². The van der Waals surface area contributed by atoms with Crippen LogP contribution in [0.4, 0.5) is 0 Å². The average molecular weight is 348 g/mol. The molecule has 2 nitrogen and oxygen atoms in total. The van der Waals surface area contributed by atoms with Gasteiger partial charge in [0.1, 0.15) is 6.11 Å². The van der Waals surface area contributed by atoms with Crippen molar-refractivity contribution < 1.29 is 9.53 Å². The van der Waals surface area contributed by atoms with Crippen LogP contribution in [0.3, 0.4) is 0 Å². The second-order valence-corrected chi connectivity index (χ2v) is 4.62. The van der Waals surface area contributed by atoms with Gasteiger partial charge >= 0.3 is 5.97 Å². The van der Waals surface area contributed by atoms with E-state index in [1.54, 1.807) is 12.1 Å². The van der Waals surface area contributed by atoms with Gasteiger partial charge in [0.05, 0.1) is 5.56 Å². The van der Waals surface area contributed by atoms with Crippen molar-refractivity contribution >= 4 is 28.6 Å². The van der Waals surface area contributed by atoms with E-state index in [1.165, 1.54) is 0 Å². The molecule has 88 valence electrons. The van der Waals surface area contributed by atoms with Gasteiger partial charge in [-0.1, -0.05) is 30.3 Å². The van der Waals surface area contributed by atoms with Crippen LogP contribution in [-0.2, 0) is 4.74 Å². The summed E-state index contributed by atoms with van der Waals surface area (Å²) in [5, 5.41) is 0. The molecule has 2 aromatic carbocycles. The first kappa shape index (κ1) is 12.7. The predicted octanol–water partition coefficient (Wildman–Crippen LogP) is 3.46. The molecule has 0 aromatic heterocycles. The van der Waals surface area contributed by atoms with Gasteiger partial charge in [-0.15, -0.1) is 0 Å². The van der Waals surface area contributed by atoms with E-state index < -0.39 is 5.97 Å². The highest BCUT2D eigenvalue weighted by atomic mass is 127. The Labute approximate surface area is 119 Å². The lowest BCUT2D eigenvalue weighted by Crippen LogP contribution is -2.02. The molecule has 0 aliphatic heterocycles. The third kappa shape index (κ3) is 3.34. The molecule has 0 fully saturated rings. The van der Waals surface area contributed by atoms with Crippen LogP contribution in [0.15, 0.2) is 54.6 Å². The topological polar surface area (TPSA) is 26.3 Å². The number of ether oxygens (including phenoxy) is 1. The number of halogens is 1. The van der Waals surface area contributed by atoms with Gasteiger partial charge in [0, 0.05) is 9.13 Å². The summed E-state index contributed by atoms with van der Waals surface area (Å²) in [5.41, 5.74) is 1.34. The lowest BCUT2D eigenvalue weighted by molar-refractivity contribution is 0.0689. The molecule has 0 radical (unpaired) electrons. The van der Waals surface area contributed by atoms with Crippen LogP contribution in [0.1, 0.15) is 15.9 Å². The van der Waals surface area contributed by atoms with Crippen molar-refractivity contribution in [3.05, 3.63) is 69.3 Å². The number of hydrogen-bond acceptors (Lipinski definition) is 2. The van der Waals surface area contributed by atoms with Crippen LogP contribution >= 0.6 is 22.6 Å². The van der Waals surface area contributed by atoms with Crippen molar-refractivity contribution in [1.82, 2.24) is 0 Å². The van der Waals surface area contributed by atoms with Crippen molar-refractivity contribution in [3.63, 3.8) is 0 Å². The minimum Gasteiger partial charge on any atom is -0.368 e. The summed E-state index contributed by atoms with van der Waals surface area (Å²) >= 11 is 2.09. The standard InChI is InChI=1S/C15H9IO2/c16-14-9-5-4-8-13(14)15(17)18-11-10-12-6-2-1-3-7-12/h1-9H. The molecule has 2 rings (SSSR count). The lowest BCUT2D eigenvalue weighted by atomic mass is 10.2. The van der Waals surface area contributed by atoms with Crippen LogP contribution in [0.2, 0.25) is 0 Å². The van der Waals surface area contributed by atoms with E-state index in [9.17, 15) is 4.79 Å². The quantitative estimate of drug-likeness (QED) is 0.448. The Morgan fingerprint density at radius 2 is 1.67 bits per heavy atom. The molecule has 0 unspecified atom stereocenters. The fourth-order valence-corrected chi connectivity index (χ4v) is 1.94. The maximum absolute atomic E-state index is 11.7. The summed E-state index contributed by atoms with van der Waals surface area (Å²) in [5.74, 6) is 2.34. The molecule has 0 bridgehead atoms. The van der Waals surface area contributed by atoms with Gasteiger partial charge in [-0.05, 0) is 52.8 Å². The number of rotatable bonds is 1. The fraction of sp³-hybridized carbons (Fsp3) is 0. The summed E-state index contributed by atoms with van der Waals surface area (Å²) in [4.78, 5) is 11.7. The van der Waals surface area contributed by atoms with Crippen molar-refractivity contribution in [1.29, 1.82) is 0 Å². The Morgan fingerprint density at radius 1 is 1.00 bits per heavy atom. The summed E-state index contributed by atoms with van der Waals surface area (Å²) in [7, 11) is 0. The van der Waals surface area contributed by atoms with Gasteiger partial charge in [-0.25, -0.2) is 4.79 Å². The minimum absolute atomic E-state index is 0.427. The Kier molecular flexibility index (Phi) is 4.37. The van der Waals surface area contributed by atoms with Gasteiger partial charge in [0.25, 0.3) is 0 Å². The Morgan fingerprint density at radius 3 is 2.39 bits per heavy atom. The van der Waals surface area contributed by atoms with E-state index >= 15 is 0 Å². The number of hydrogen-bond donors (Lipinski definition) is 0. The van der Waals surface area contributed by atoms with Crippen molar-refractivity contribution in [2.24, 2.45) is 0 Å². The molecule has 0 spiro atoms. The van der Waals surface area contributed by atoms with Crippen molar-refractivity contribution in [2.75, 3.05) is 0 Å². The van der Waals surface area contributed by atoms with E-state index in [4.69, 9.17) is 4.74 Å². The van der Waals surface area contributed by atoms with Gasteiger partial charge in [-0.3, -0.25) is 0 Å². The summed E-state index contributed by atoms with van der Waals surface area (Å²) < 4.78 is 5.76. The molecule has 0 atom stereocenters. The van der Waals surface area contributed by atoms with E-state index in [-0.39, 0.29) is 0 Å². The van der Waals surface area contributed by atoms with E-state index in [0.717, 1.165) is 9.13 Å². The molecule has 0 heterocycles. The maximum atomic E-state index is 11.7. The monoisotopic (exact) mass is 348 g/mol. The second-order valence-electron chi connectivity index (χ2n) is 3.46. The van der Waals surface area contributed by atoms with E-state index in [2.05, 4.69) is 34.6 Å². The molecule has 0 aliphatic rings. The largest absolute Gasteiger partial charge is 0.368 e. The highest BCUT2D eigenvalue weighted by molar-refractivity contribution is 14.1. The Hall–Kier alpha value is -1.80. The van der Waals surface area contributed by atoms with Crippen LogP contribution in [0.25, 0.3) is 0 Å². The van der Waals surface area contributed by atoms with Crippen molar-refractivity contribution in [3.8, 4) is 12.0 Å². The molecule has 0 saturated carbocycles. The van der Waals surface area contributed by atoms with E-state index in [0.29, 0.717) is 5.56 Å². The first-order chi connectivity index (χ1) is 8.77. The fourth-order valence-electron chi connectivity index (χ4n) is 1.33. The summed E-state index contributed by atoms with van der Waals surface area (Å²) in [6, 6.07) is 16.6. The van der Waals surface area contributed by atoms with Crippen LogP contribution < -0.4 is 0 Å². The van der Waals surface area contributed by atoms with Gasteiger partial charge in [0.15, 0.2) is 0 Å². The maximum Gasteiger partial charge on any atom is 0.353 e. The molecule has 18 heavy (non-hydrogen) atoms. The lowest BCUT2D eigenvalue weighted by Gasteiger charge is -1.99. The Balaban J connectivity index is 2.06. The van der Waals surface area contributed by atoms with Gasteiger partial charge in [-0.2, -0.15) is 0 Å². The van der Waals surface area contributed by atoms with Crippen LogP contribution in [-0.4, -0.2) is 5.97 Å². The molecule has 3 heteroatoms.